The van der Waals surface area contributed by atoms with E-state index >= 15 is 0 Å². The minimum absolute atomic E-state index is 0.185. The number of rotatable bonds is 1. The highest BCUT2D eigenvalue weighted by atomic mass is 16.5. The van der Waals surface area contributed by atoms with Gasteiger partial charge in [-0.25, -0.2) is 0 Å². The quantitative estimate of drug-likeness (QED) is 0.760. The number of fused-ring (bicyclic) bond motifs is 1. The zero-order valence-corrected chi connectivity index (χ0v) is 14.4. The van der Waals surface area contributed by atoms with Gasteiger partial charge in [0.2, 0.25) is 0 Å². The number of nitrogens with zero attached hydrogens (tertiary/aromatic N) is 1. The van der Waals surface area contributed by atoms with Crippen molar-refractivity contribution in [1.29, 1.82) is 0 Å². The molecule has 1 atom stereocenters. The fourth-order valence-electron chi connectivity index (χ4n) is 4.51. The van der Waals surface area contributed by atoms with Gasteiger partial charge in [-0.15, -0.1) is 0 Å². The number of nitrogens with one attached hydrogen (secondary N) is 1. The van der Waals surface area contributed by atoms with Gasteiger partial charge in [0.25, 0.3) is 0 Å². The fourth-order valence-corrected chi connectivity index (χ4v) is 4.51. The van der Waals surface area contributed by atoms with Crippen molar-refractivity contribution in [2.24, 2.45) is 11.1 Å². The Hall–Kier alpha value is -2.08. The lowest BCUT2D eigenvalue weighted by atomic mass is 9.74. The average Bonchev–Trinajstić information content (AvgIpc) is 3.22. The Kier molecular flexibility index (Phi) is 4.15. The molecule has 4 rings (SSSR count). The largest absolute Gasteiger partial charge is 0.493 e. The minimum atomic E-state index is -0.579. The van der Waals surface area contributed by atoms with Crippen molar-refractivity contribution in [3.63, 3.8) is 0 Å². The second kappa shape index (κ2) is 6.33. The predicted octanol–water partition coefficient (Wildman–Crippen LogP) is 1.68. The summed E-state index contributed by atoms with van der Waals surface area (Å²) in [5.74, 6) is -0.243. The summed E-state index contributed by atoms with van der Waals surface area (Å²) in [5, 5.41) is 2.70. The Bertz CT molecular complexity index is 695. The van der Waals surface area contributed by atoms with E-state index in [4.69, 9.17) is 10.5 Å². The van der Waals surface area contributed by atoms with Gasteiger partial charge in [0.15, 0.2) is 0 Å². The predicted molar refractivity (Wildman–Crippen MR) is 94.3 cm³/mol. The SMILES string of the molecule is NC1CCCC12CCN(C(=O)C(=O)Nc1ccc3c(c1)OCC3)CC2. The minimum Gasteiger partial charge on any atom is -0.493 e. The van der Waals surface area contributed by atoms with E-state index in [0.717, 1.165) is 43.4 Å². The van der Waals surface area contributed by atoms with Crippen LogP contribution in [0, 0.1) is 5.41 Å². The highest BCUT2D eigenvalue weighted by molar-refractivity contribution is 6.39. The fraction of sp³-hybridized carbons (Fsp3) is 0.579. The van der Waals surface area contributed by atoms with Crippen LogP contribution >= 0.6 is 0 Å². The second-order valence-corrected chi connectivity index (χ2v) is 7.53. The molecule has 1 spiro atoms. The van der Waals surface area contributed by atoms with Crippen molar-refractivity contribution in [3.8, 4) is 5.75 Å². The summed E-state index contributed by atoms with van der Waals surface area (Å²) in [6.07, 6.45) is 6.10. The smallest absolute Gasteiger partial charge is 0.313 e. The molecule has 3 aliphatic rings. The number of hydrogen-bond acceptors (Lipinski definition) is 4. The van der Waals surface area contributed by atoms with Crippen LogP contribution in [0.2, 0.25) is 0 Å². The van der Waals surface area contributed by atoms with Gasteiger partial charge in [-0.2, -0.15) is 0 Å². The summed E-state index contributed by atoms with van der Waals surface area (Å²) >= 11 is 0. The number of hydrogen-bond donors (Lipinski definition) is 2. The van der Waals surface area contributed by atoms with Gasteiger partial charge in [0, 0.05) is 37.3 Å². The van der Waals surface area contributed by atoms with E-state index in [1.165, 1.54) is 6.42 Å². The molecular weight excluding hydrogens is 318 g/mol. The molecular formula is C19H25N3O3. The average molecular weight is 343 g/mol. The lowest BCUT2D eigenvalue weighted by Gasteiger charge is -2.41. The summed E-state index contributed by atoms with van der Waals surface area (Å²) in [4.78, 5) is 26.5. The summed E-state index contributed by atoms with van der Waals surface area (Å²) in [6.45, 7) is 1.91. The molecule has 2 heterocycles. The Morgan fingerprint density at radius 1 is 1.24 bits per heavy atom. The third kappa shape index (κ3) is 2.99. The van der Waals surface area contributed by atoms with E-state index in [2.05, 4.69) is 5.32 Å². The molecule has 1 aromatic rings. The topological polar surface area (TPSA) is 84.7 Å². The first kappa shape index (κ1) is 16.4. The first-order chi connectivity index (χ1) is 12.1. The van der Waals surface area contributed by atoms with Gasteiger partial charge in [-0.3, -0.25) is 9.59 Å². The summed E-state index contributed by atoms with van der Waals surface area (Å²) in [5.41, 5.74) is 8.20. The number of ether oxygens (including phenoxy) is 1. The molecule has 1 saturated heterocycles. The monoisotopic (exact) mass is 343 g/mol. The van der Waals surface area contributed by atoms with Gasteiger partial charge in [0.05, 0.1) is 6.61 Å². The number of anilines is 1. The van der Waals surface area contributed by atoms with Crippen LogP contribution in [0.5, 0.6) is 5.75 Å². The molecule has 1 unspecified atom stereocenters. The number of benzene rings is 1. The number of likely N-dealkylation sites (tertiary alicyclic amines) is 1. The molecule has 6 nitrogen and oxygen atoms in total. The molecule has 3 N–H and O–H groups in total. The van der Waals surface area contributed by atoms with Gasteiger partial charge >= 0.3 is 11.8 Å². The molecule has 134 valence electrons. The van der Waals surface area contributed by atoms with E-state index in [1.807, 2.05) is 12.1 Å². The number of piperidine rings is 1. The maximum absolute atomic E-state index is 12.5. The first-order valence-corrected chi connectivity index (χ1v) is 9.19. The molecule has 2 amide bonds. The Balaban J connectivity index is 1.36. The van der Waals surface area contributed by atoms with Gasteiger partial charge in [-0.1, -0.05) is 12.5 Å². The van der Waals surface area contributed by atoms with Crippen LogP contribution in [0.3, 0.4) is 0 Å². The van der Waals surface area contributed by atoms with Crippen molar-refractivity contribution in [3.05, 3.63) is 23.8 Å². The maximum atomic E-state index is 12.5. The van der Waals surface area contributed by atoms with Crippen molar-refractivity contribution in [2.75, 3.05) is 25.0 Å². The van der Waals surface area contributed by atoms with Gasteiger partial charge in [-0.05, 0) is 42.7 Å². The molecule has 1 aliphatic carbocycles. The zero-order valence-electron chi connectivity index (χ0n) is 14.4. The highest BCUT2D eigenvalue weighted by Gasteiger charge is 2.44. The first-order valence-electron chi connectivity index (χ1n) is 9.19. The molecule has 6 heteroatoms. The van der Waals surface area contributed by atoms with Crippen LogP contribution in [0.25, 0.3) is 0 Å². The third-order valence-electron chi connectivity index (χ3n) is 6.17. The Labute approximate surface area is 147 Å². The van der Waals surface area contributed by atoms with E-state index in [0.29, 0.717) is 25.4 Å². The third-order valence-corrected chi connectivity index (χ3v) is 6.17. The van der Waals surface area contributed by atoms with Crippen LogP contribution in [0.1, 0.15) is 37.7 Å². The van der Waals surface area contributed by atoms with Crippen LogP contribution in [0.15, 0.2) is 18.2 Å². The van der Waals surface area contributed by atoms with Crippen LogP contribution in [0.4, 0.5) is 5.69 Å². The maximum Gasteiger partial charge on any atom is 0.313 e. The summed E-state index contributed by atoms with van der Waals surface area (Å²) in [7, 11) is 0. The Morgan fingerprint density at radius 2 is 2.04 bits per heavy atom. The Morgan fingerprint density at radius 3 is 2.76 bits per heavy atom. The molecule has 2 fully saturated rings. The molecule has 0 radical (unpaired) electrons. The van der Waals surface area contributed by atoms with Crippen LogP contribution < -0.4 is 15.8 Å². The second-order valence-electron chi connectivity index (χ2n) is 7.53. The molecule has 1 saturated carbocycles. The van der Waals surface area contributed by atoms with Gasteiger partial charge in [0.1, 0.15) is 5.75 Å². The summed E-state index contributed by atoms with van der Waals surface area (Å²) in [6, 6.07) is 5.79. The standard InChI is InChI=1S/C19H25N3O3/c20-16-2-1-6-19(16)7-9-22(10-8-19)18(24)17(23)21-14-4-3-13-5-11-25-15(13)12-14/h3-4,12,16H,1-2,5-11,20H2,(H,21,23). The molecule has 0 aromatic heterocycles. The van der Waals surface area contributed by atoms with E-state index < -0.39 is 11.8 Å². The number of carbonyl (C=O) groups is 2. The van der Waals surface area contributed by atoms with Crippen LogP contribution in [-0.2, 0) is 16.0 Å². The molecule has 1 aromatic carbocycles. The molecule has 2 aliphatic heterocycles. The normalized spacial score (nSPS) is 24.0. The van der Waals surface area contributed by atoms with E-state index in [1.54, 1.807) is 11.0 Å². The van der Waals surface area contributed by atoms with Gasteiger partial charge < -0.3 is 20.7 Å². The van der Waals surface area contributed by atoms with Crippen molar-refractivity contribution in [2.45, 2.75) is 44.6 Å². The lowest BCUT2D eigenvalue weighted by Crippen LogP contribution is -2.50. The van der Waals surface area contributed by atoms with Crippen molar-refractivity contribution in [1.82, 2.24) is 4.90 Å². The molecule has 25 heavy (non-hydrogen) atoms. The molecule has 0 bridgehead atoms. The lowest BCUT2D eigenvalue weighted by molar-refractivity contribution is -0.144. The van der Waals surface area contributed by atoms with E-state index in [-0.39, 0.29) is 11.5 Å². The van der Waals surface area contributed by atoms with Crippen molar-refractivity contribution < 1.29 is 14.3 Å². The summed E-state index contributed by atoms with van der Waals surface area (Å²) < 4.78 is 5.50. The van der Waals surface area contributed by atoms with Crippen LogP contribution in [-0.4, -0.2) is 42.5 Å². The van der Waals surface area contributed by atoms with Crippen molar-refractivity contribution >= 4 is 17.5 Å². The number of nitrogens with two attached hydrogens (primary N) is 1. The highest BCUT2D eigenvalue weighted by Crippen LogP contribution is 2.45. The zero-order chi connectivity index (χ0) is 17.4. The number of amides is 2. The van der Waals surface area contributed by atoms with E-state index in [9.17, 15) is 9.59 Å². The number of carbonyl (C=O) groups excluding carboxylic acids is 2.